The number of imidazole rings is 1. The zero-order valence-electron chi connectivity index (χ0n) is 18.3. The molecule has 6 atom stereocenters. The predicted molar refractivity (Wildman–Crippen MR) is 122 cm³/mol. The highest BCUT2D eigenvalue weighted by Crippen LogP contribution is 2.58. The van der Waals surface area contributed by atoms with Gasteiger partial charge in [-0.1, -0.05) is 15.9 Å². The first-order valence-electron chi connectivity index (χ1n) is 10.6. The number of hydrogen-bond acceptors (Lipinski definition) is 11. The van der Waals surface area contributed by atoms with Gasteiger partial charge in [0.1, 0.15) is 35.5 Å². The van der Waals surface area contributed by atoms with E-state index < -0.39 is 50.4 Å². The SMILES string of the molecule is C[C@@]1(O)[C@H](O)[C@@H](CO[P@@]2(=O)OCC[C@@H](c3cc(F)ccc3Br)O2)O[C@H]1n1cnc2c(N)ncnc21. The van der Waals surface area contributed by atoms with Crippen molar-refractivity contribution in [3.8, 4) is 0 Å². The number of benzene rings is 1. The van der Waals surface area contributed by atoms with E-state index in [0.717, 1.165) is 0 Å². The Kier molecular flexibility index (Phi) is 6.43. The number of nitrogens with zero attached hydrogens (tertiary/aromatic N) is 4. The molecule has 12 nitrogen and oxygen atoms in total. The number of phosphoric ester groups is 1. The molecule has 2 saturated heterocycles. The van der Waals surface area contributed by atoms with Crippen molar-refractivity contribution in [2.24, 2.45) is 0 Å². The number of aliphatic hydroxyl groups excluding tert-OH is 1. The second-order valence-electron chi connectivity index (χ2n) is 8.41. The lowest BCUT2D eigenvalue weighted by Crippen LogP contribution is -2.44. The third-order valence-corrected chi connectivity index (χ3v) is 8.18. The number of aromatic nitrogens is 4. The van der Waals surface area contributed by atoms with Crippen LogP contribution < -0.4 is 5.73 Å². The molecule has 0 spiro atoms. The van der Waals surface area contributed by atoms with Gasteiger partial charge in [-0.05, 0) is 30.7 Å². The van der Waals surface area contributed by atoms with Gasteiger partial charge in [0.2, 0.25) is 0 Å². The highest BCUT2D eigenvalue weighted by molar-refractivity contribution is 9.10. The lowest BCUT2D eigenvalue weighted by molar-refractivity contribution is -0.0953. The number of rotatable bonds is 5. The monoisotopic (exact) mass is 573 g/mol. The molecule has 0 aliphatic carbocycles. The maximum Gasteiger partial charge on any atom is 0.475 e. The largest absolute Gasteiger partial charge is 0.475 e. The van der Waals surface area contributed by atoms with Crippen molar-refractivity contribution in [1.82, 2.24) is 19.5 Å². The van der Waals surface area contributed by atoms with Crippen molar-refractivity contribution in [3.05, 3.63) is 46.7 Å². The molecule has 2 aliphatic heterocycles. The van der Waals surface area contributed by atoms with E-state index in [-0.39, 0.29) is 12.4 Å². The summed E-state index contributed by atoms with van der Waals surface area (Å²) in [6.45, 7) is 0.999. The minimum Gasteiger partial charge on any atom is -0.387 e. The van der Waals surface area contributed by atoms with Gasteiger partial charge in [-0.2, -0.15) is 0 Å². The predicted octanol–water partition coefficient (Wildman–Crippen LogP) is 2.62. The smallest absolute Gasteiger partial charge is 0.387 e. The van der Waals surface area contributed by atoms with Crippen LogP contribution in [0.15, 0.2) is 35.3 Å². The second kappa shape index (κ2) is 9.12. The fourth-order valence-electron chi connectivity index (χ4n) is 4.14. The first-order chi connectivity index (χ1) is 16.6. The van der Waals surface area contributed by atoms with Gasteiger partial charge in [-0.3, -0.25) is 18.1 Å². The number of halogens is 2. The minimum atomic E-state index is -4.09. The molecule has 2 aliphatic rings. The van der Waals surface area contributed by atoms with Gasteiger partial charge in [0, 0.05) is 10.9 Å². The molecular formula is C20H22BrFN5O7P. The maximum atomic E-state index is 13.7. The summed E-state index contributed by atoms with van der Waals surface area (Å²) >= 11 is 3.34. The van der Waals surface area contributed by atoms with E-state index in [9.17, 15) is 19.2 Å². The molecule has 188 valence electrons. The Morgan fingerprint density at radius 1 is 1.40 bits per heavy atom. The van der Waals surface area contributed by atoms with Gasteiger partial charge in [0.25, 0.3) is 0 Å². The number of aliphatic hydroxyl groups is 2. The van der Waals surface area contributed by atoms with E-state index in [1.54, 1.807) is 0 Å². The van der Waals surface area contributed by atoms with Gasteiger partial charge < -0.3 is 20.7 Å². The minimum absolute atomic E-state index is 0.0431. The van der Waals surface area contributed by atoms with Crippen LogP contribution in [0.4, 0.5) is 10.2 Å². The number of nitrogens with two attached hydrogens (primary N) is 1. The summed E-state index contributed by atoms with van der Waals surface area (Å²) in [6, 6.07) is 4.09. The van der Waals surface area contributed by atoms with Crippen molar-refractivity contribution in [2.75, 3.05) is 18.9 Å². The molecule has 0 unspecified atom stereocenters. The highest BCUT2D eigenvalue weighted by atomic mass is 79.9. The normalized spacial score (nSPS) is 33.4. The molecule has 15 heteroatoms. The van der Waals surface area contributed by atoms with E-state index in [1.807, 2.05) is 0 Å². The second-order valence-corrected chi connectivity index (χ2v) is 10.9. The molecule has 4 N–H and O–H groups in total. The van der Waals surface area contributed by atoms with E-state index in [2.05, 4.69) is 30.9 Å². The molecule has 1 aromatic carbocycles. The Morgan fingerprint density at radius 3 is 3.00 bits per heavy atom. The van der Waals surface area contributed by atoms with E-state index >= 15 is 0 Å². The summed E-state index contributed by atoms with van der Waals surface area (Å²) in [5, 5.41) is 21.8. The molecule has 3 aromatic rings. The van der Waals surface area contributed by atoms with E-state index in [0.29, 0.717) is 27.6 Å². The zero-order chi connectivity index (χ0) is 25.0. The Labute approximate surface area is 206 Å². The fraction of sp³-hybridized carbons (Fsp3) is 0.450. The van der Waals surface area contributed by atoms with Crippen LogP contribution in [0.25, 0.3) is 11.2 Å². The summed E-state index contributed by atoms with van der Waals surface area (Å²) < 4.78 is 51.0. The van der Waals surface area contributed by atoms with Crippen LogP contribution in [0.2, 0.25) is 0 Å². The van der Waals surface area contributed by atoms with E-state index in [1.165, 1.54) is 42.3 Å². The summed E-state index contributed by atoms with van der Waals surface area (Å²) in [4.78, 5) is 12.2. The van der Waals surface area contributed by atoms with Gasteiger partial charge in [-0.25, -0.2) is 23.9 Å². The van der Waals surface area contributed by atoms with Gasteiger partial charge >= 0.3 is 7.82 Å². The molecule has 4 heterocycles. The summed E-state index contributed by atoms with van der Waals surface area (Å²) in [5.74, 6) is -0.320. The number of hydrogen-bond donors (Lipinski definition) is 3. The first-order valence-corrected chi connectivity index (χ1v) is 12.9. The molecular weight excluding hydrogens is 552 g/mol. The molecule has 0 amide bonds. The van der Waals surface area contributed by atoms with Crippen molar-refractivity contribution >= 4 is 40.7 Å². The van der Waals surface area contributed by atoms with Crippen molar-refractivity contribution in [3.63, 3.8) is 0 Å². The van der Waals surface area contributed by atoms with Crippen LogP contribution >= 0.6 is 23.8 Å². The number of fused-ring (bicyclic) bond motifs is 1. The van der Waals surface area contributed by atoms with Gasteiger partial charge in [-0.15, -0.1) is 0 Å². The van der Waals surface area contributed by atoms with Crippen LogP contribution in [0.5, 0.6) is 0 Å². The summed E-state index contributed by atoms with van der Waals surface area (Å²) in [6.07, 6.45) is -1.47. The Balaban J connectivity index is 1.32. The van der Waals surface area contributed by atoms with Gasteiger partial charge in [0.15, 0.2) is 17.7 Å². The standard InChI is InChI=1S/C20H22BrFN5O7P/c1-20(29)16(28)14(33-19(20)27-9-26-15-17(23)24-8-25-18(15)27)7-32-35(30)31-5-4-13(34-35)11-6-10(22)2-3-12(11)21/h2-3,6,8-9,13-14,16,19,28-29H,4-5,7H2,1H3,(H2,23,24,25)/t13-,14+,16+,19+,20+,35+/m0/s1. The highest BCUT2D eigenvalue weighted by Gasteiger charge is 2.54. The van der Waals surface area contributed by atoms with Crippen molar-refractivity contribution in [2.45, 2.75) is 43.5 Å². The Morgan fingerprint density at radius 2 is 2.20 bits per heavy atom. The number of phosphoric acid groups is 1. The maximum absolute atomic E-state index is 13.7. The third kappa shape index (κ3) is 4.49. The molecule has 2 fully saturated rings. The fourth-order valence-corrected chi connectivity index (χ4v) is 6.02. The lowest BCUT2D eigenvalue weighted by atomic mass is 9.96. The van der Waals surface area contributed by atoms with Crippen LogP contribution in [0.3, 0.4) is 0 Å². The average Bonchev–Trinajstić information content (AvgIpc) is 3.34. The summed E-state index contributed by atoms with van der Waals surface area (Å²) in [5.41, 5.74) is 5.10. The molecule has 5 rings (SSSR count). The summed E-state index contributed by atoms with van der Waals surface area (Å²) in [7, 11) is -4.09. The van der Waals surface area contributed by atoms with Crippen LogP contribution in [-0.4, -0.2) is 60.8 Å². The third-order valence-electron chi connectivity index (χ3n) is 5.98. The van der Waals surface area contributed by atoms with Crippen molar-refractivity contribution in [1.29, 1.82) is 0 Å². The number of ether oxygens (including phenoxy) is 1. The molecule has 0 bridgehead atoms. The van der Waals surface area contributed by atoms with E-state index in [4.69, 9.17) is 24.0 Å². The number of anilines is 1. The lowest BCUT2D eigenvalue weighted by Gasteiger charge is -2.30. The topological polar surface area (TPSA) is 164 Å². The Bertz CT molecular complexity index is 1310. The van der Waals surface area contributed by atoms with Crippen LogP contribution in [0.1, 0.15) is 31.2 Å². The Hall–Kier alpha value is -2.03. The molecule has 2 aromatic heterocycles. The van der Waals surface area contributed by atoms with Crippen molar-refractivity contribution < 1.29 is 37.5 Å². The molecule has 0 saturated carbocycles. The molecule has 35 heavy (non-hydrogen) atoms. The van der Waals surface area contributed by atoms with Crippen LogP contribution in [-0.2, 0) is 22.9 Å². The number of nitrogen functional groups attached to an aromatic ring is 1. The van der Waals surface area contributed by atoms with Crippen LogP contribution in [0, 0.1) is 5.82 Å². The zero-order valence-corrected chi connectivity index (χ0v) is 20.8. The molecule has 0 radical (unpaired) electrons. The quantitative estimate of drug-likeness (QED) is 0.384. The van der Waals surface area contributed by atoms with Gasteiger partial charge in [0.05, 0.1) is 25.6 Å². The average molecular weight is 574 g/mol. The first kappa shape index (κ1) is 24.7.